The standard InChI is InChI=1S/C13H10BrClFN3O/c1-17-12-5-8(10(15)6-18-12)13(20)19-11-3-2-7(16)4-9(11)14/h2-6H,1H3,(H,17,18)(H,19,20). The van der Waals surface area contributed by atoms with Crippen molar-refractivity contribution in [2.75, 3.05) is 17.7 Å². The molecule has 0 unspecified atom stereocenters. The van der Waals surface area contributed by atoms with Crippen molar-refractivity contribution in [2.45, 2.75) is 0 Å². The first-order chi connectivity index (χ1) is 9.51. The van der Waals surface area contributed by atoms with Crippen LogP contribution >= 0.6 is 27.5 Å². The van der Waals surface area contributed by atoms with Gasteiger partial charge in [-0.3, -0.25) is 4.79 Å². The molecule has 0 radical (unpaired) electrons. The molecule has 1 heterocycles. The van der Waals surface area contributed by atoms with Gasteiger partial charge < -0.3 is 10.6 Å². The van der Waals surface area contributed by atoms with Crippen LogP contribution in [0.2, 0.25) is 5.02 Å². The fraction of sp³-hybridized carbons (Fsp3) is 0.0769. The van der Waals surface area contributed by atoms with Crippen molar-refractivity contribution in [3.05, 3.63) is 51.3 Å². The van der Waals surface area contributed by atoms with E-state index in [-0.39, 0.29) is 10.6 Å². The Labute approximate surface area is 128 Å². The van der Waals surface area contributed by atoms with E-state index >= 15 is 0 Å². The summed E-state index contributed by atoms with van der Waals surface area (Å²) in [6.45, 7) is 0. The molecule has 1 aromatic carbocycles. The van der Waals surface area contributed by atoms with Crippen molar-refractivity contribution in [3.63, 3.8) is 0 Å². The summed E-state index contributed by atoms with van der Waals surface area (Å²) in [6.07, 6.45) is 1.39. The largest absolute Gasteiger partial charge is 0.373 e. The maximum Gasteiger partial charge on any atom is 0.257 e. The number of hydrogen-bond acceptors (Lipinski definition) is 3. The number of benzene rings is 1. The predicted octanol–water partition coefficient (Wildman–Crippen LogP) is 3.93. The number of carbonyl (C=O) groups excluding carboxylic acids is 1. The van der Waals surface area contributed by atoms with E-state index in [0.29, 0.717) is 16.0 Å². The molecule has 0 aliphatic carbocycles. The van der Waals surface area contributed by atoms with Crippen molar-refractivity contribution < 1.29 is 9.18 Å². The zero-order chi connectivity index (χ0) is 14.7. The monoisotopic (exact) mass is 357 g/mol. The Morgan fingerprint density at radius 1 is 1.40 bits per heavy atom. The molecule has 2 rings (SSSR count). The van der Waals surface area contributed by atoms with E-state index in [0.717, 1.165) is 0 Å². The quantitative estimate of drug-likeness (QED) is 0.874. The Morgan fingerprint density at radius 2 is 2.15 bits per heavy atom. The van der Waals surface area contributed by atoms with Crippen LogP contribution < -0.4 is 10.6 Å². The maximum absolute atomic E-state index is 13.0. The number of carbonyl (C=O) groups is 1. The molecule has 0 fully saturated rings. The lowest BCUT2D eigenvalue weighted by Gasteiger charge is -2.09. The molecule has 0 aliphatic heterocycles. The van der Waals surface area contributed by atoms with Gasteiger partial charge in [-0.2, -0.15) is 0 Å². The molecule has 0 atom stereocenters. The third-order valence-electron chi connectivity index (χ3n) is 2.54. The molecule has 0 saturated carbocycles. The number of amides is 1. The Bertz CT molecular complexity index is 666. The molecule has 0 bridgehead atoms. The number of nitrogens with one attached hydrogen (secondary N) is 2. The van der Waals surface area contributed by atoms with Crippen LogP contribution in [0.4, 0.5) is 15.9 Å². The van der Waals surface area contributed by atoms with Crippen LogP contribution in [0.1, 0.15) is 10.4 Å². The first kappa shape index (κ1) is 14.7. The molecule has 1 amide bonds. The lowest BCUT2D eigenvalue weighted by atomic mass is 10.2. The van der Waals surface area contributed by atoms with Crippen LogP contribution in [-0.2, 0) is 0 Å². The number of pyridine rings is 1. The van der Waals surface area contributed by atoms with E-state index in [2.05, 4.69) is 31.5 Å². The predicted molar refractivity (Wildman–Crippen MR) is 80.8 cm³/mol. The Balaban J connectivity index is 2.28. The summed E-state index contributed by atoms with van der Waals surface area (Å²) in [6, 6.07) is 5.52. The first-order valence-corrected chi connectivity index (χ1v) is 6.78. The van der Waals surface area contributed by atoms with Gasteiger partial charge in [-0.1, -0.05) is 11.6 Å². The zero-order valence-corrected chi connectivity index (χ0v) is 12.7. The number of halogens is 3. The van der Waals surface area contributed by atoms with Crippen molar-refractivity contribution >= 4 is 44.9 Å². The summed E-state index contributed by atoms with van der Waals surface area (Å²) in [5.74, 6) is -0.270. The highest BCUT2D eigenvalue weighted by Gasteiger charge is 2.13. The number of anilines is 2. The van der Waals surface area contributed by atoms with E-state index in [4.69, 9.17) is 11.6 Å². The minimum absolute atomic E-state index is 0.236. The lowest BCUT2D eigenvalue weighted by Crippen LogP contribution is -2.13. The maximum atomic E-state index is 13.0. The third kappa shape index (κ3) is 3.26. The highest BCUT2D eigenvalue weighted by molar-refractivity contribution is 9.10. The Kier molecular flexibility index (Phi) is 4.57. The number of hydrogen-bond donors (Lipinski definition) is 2. The van der Waals surface area contributed by atoms with Gasteiger partial charge >= 0.3 is 0 Å². The number of nitrogens with zero attached hydrogens (tertiary/aromatic N) is 1. The third-order valence-corrected chi connectivity index (χ3v) is 3.49. The molecule has 2 N–H and O–H groups in total. The van der Waals surface area contributed by atoms with E-state index in [1.807, 2.05) is 0 Å². The topological polar surface area (TPSA) is 54.0 Å². The number of rotatable bonds is 3. The van der Waals surface area contributed by atoms with Crippen molar-refractivity contribution in [2.24, 2.45) is 0 Å². The van der Waals surface area contributed by atoms with E-state index in [9.17, 15) is 9.18 Å². The summed E-state index contributed by atoms with van der Waals surface area (Å²) in [4.78, 5) is 16.2. The van der Waals surface area contributed by atoms with Crippen molar-refractivity contribution in [1.29, 1.82) is 0 Å². The van der Waals surface area contributed by atoms with Gasteiger partial charge in [0, 0.05) is 17.7 Å². The smallest absolute Gasteiger partial charge is 0.257 e. The van der Waals surface area contributed by atoms with Gasteiger partial charge in [0.2, 0.25) is 0 Å². The van der Waals surface area contributed by atoms with Gasteiger partial charge in [0.05, 0.1) is 16.3 Å². The van der Waals surface area contributed by atoms with Crippen molar-refractivity contribution in [3.8, 4) is 0 Å². The summed E-state index contributed by atoms with van der Waals surface area (Å²) < 4.78 is 13.4. The molecule has 0 spiro atoms. The molecule has 20 heavy (non-hydrogen) atoms. The first-order valence-electron chi connectivity index (χ1n) is 5.61. The highest BCUT2D eigenvalue weighted by atomic mass is 79.9. The second-order valence-corrected chi connectivity index (χ2v) is 5.14. The van der Waals surface area contributed by atoms with Crippen LogP contribution in [0.25, 0.3) is 0 Å². The second-order valence-electron chi connectivity index (χ2n) is 3.88. The molecule has 0 aliphatic rings. The Hall–Kier alpha value is -1.66. The summed E-state index contributed by atoms with van der Waals surface area (Å²) >= 11 is 9.14. The zero-order valence-electron chi connectivity index (χ0n) is 10.4. The van der Waals surface area contributed by atoms with Gasteiger partial charge in [0.25, 0.3) is 5.91 Å². The van der Waals surface area contributed by atoms with Crippen LogP contribution in [0.15, 0.2) is 34.9 Å². The SMILES string of the molecule is CNc1cc(C(=O)Nc2ccc(F)cc2Br)c(Cl)cn1. The van der Waals surface area contributed by atoms with Gasteiger partial charge in [-0.25, -0.2) is 9.37 Å². The molecule has 2 aromatic rings. The van der Waals surface area contributed by atoms with Crippen LogP contribution in [0, 0.1) is 5.82 Å². The summed E-state index contributed by atoms with van der Waals surface area (Å²) in [5, 5.41) is 5.71. The Morgan fingerprint density at radius 3 is 2.80 bits per heavy atom. The molecule has 1 aromatic heterocycles. The molecule has 0 saturated heterocycles. The molecule has 104 valence electrons. The van der Waals surface area contributed by atoms with Crippen molar-refractivity contribution in [1.82, 2.24) is 4.98 Å². The van der Waals surface area contributed by atoms with Gasteiger partial charge in [-0.05, 0) is 40.2 Å². The van der Waals surface area contributed by atoms with Crippen LogP contribution in [-0.4, -0.2) is 17.9 Å². The molecule has 4 nitrogen and oxygen atoms in total. The normalized spacial score (nSPS) is 10.2. The van der Waals surface area contributed by atoms with Gasteiger partial charge in [0.1, 0.15) is 11.6 Å². The average Bonchev–Trinajstić information content (AvgIpc) is 2.42. The summed E-state index contributed by atoms with van der Waals surface area (Å²) in [5.41, 5.74) is 0.734. The van der Waals surface area contributed by atoms with Gasteiger partial charge in [0.15, 0.2) is 0 Å². The molecular weight excluding hydrogens is 349 g/mol. The van der Waals surface area contributed by atoms with Gasteiger partial charge in [-0.15, -0.1) is 0 Å². The molecular formula is C13H10BrClFN3O. The minimum Gasteiger partial charge on any atom is -0.373 e. The molecule has 7 heteroatoms. The van der Waals surface area contributed by atoms with E-state index < -0.39 is 11.7 Å². The minimum atomic E-state index is -0.402. The number of aromatic nitrogens is 1. The van der Waals surface area contributed by atoms with E-state index in [1.165, 1.54) is 30.5 Å². The highest BCUT2D eigenvalue weighted by Crippen LogP contribution is 2.25. The van der Waals surface area contributed by atoms with Crippen LogP contribution in [0.5, 0.6) is 0 Å². The fourth-order valence-electron chi connectivity index (χ4n) is 1.53. The summed E-state index contributed by atoms with van der Waals surface area (Å²) in [7, 11) is 1.69. The van der Waals surface area contributed by atoms with Crippen LogP contribution in [0.3, 0.4) is 0 Å². The average molecular weight is 359 g/mol. The fourth-order valence-corrected chi connectivity index (χ4v) is 2.17. The van der Waals surface area contributed by atoms with E-state index in [1.54, 1.807) is 7.05 Å². The lowest BCUT2D eigenvalue weighted by molar-refractivity contribution is 0.102. The second kappa shape index (κ2) is 6.19.